The second-order valence-corrected chi connectivity index (χ2v) is 4.01. The number of nitrogens with one attached hydrogen (secondary N) is 1. The Morgan fingerprint density at radius 3 is 2.61 bits per heavy atom. The van der Waals surface area contributed by atoms with Crippen molar-refractivity contribution >= 4 is 0 Å². The van der Waals surface area contributed by atoms with Crippen molar-refractivity contribution in [2.75, 3.05) is 14.2 Å². The molecule has 0 saturated carbocycles. The van der Waals surface area contributed by atoms with Gasteiger partial charge in [-0.3, -0.25) is 0 Å². The van der Waals surface area contributed by atoms with E-state index in [2.05, 4.69) is 28.3 Å². The Hall–Kier alpha value is -1.94. The minimum absolute atomic E-state index is 0.243. The van der Waals surface area contributed by atoms with E-state index in [9.17, 15) is 0 Å². The van der Waals surface area contributed by atoms with E-state index in [4.69, 9.17) is 4.74 Å². The van der Waals surface area contributed by atoms with Crippen molar-refractivity contribution in [3.05, 3.63) is 42.2 Å². The van der Waals surface area contributed by atoms with E-state index < -0.39 is 0 Å². The van der Waals surface area contributed by atoms with Crippen molar-refractivity contribution in [1.29, 1.82) is 0 Å². The van der Waals surface area contributed by atoms with Crippen LogP contribution in [0.3, 0.4) is 0 Å². The molecule has 4 heteroatoms. The monoisotopic (exact) mass is 243 g/mol. The molecule has 0 amide bonds. The number of aromatic nitrogens is 2. The number of nitrogens with zero attached hydrogens (tertiary/aromatic N) is 2. The summed E-state index contributed by atoms with van der Waals surface area (Å²) in [5.41, 5.74) is 3.00. The highest BCUT2D eigenvalue weighted by molar-refractivity contribution is 5.68. The molecule has 4 nitrogen and oxygen atoms in total. The lowest BCUT2D eigenvalue weighted by Crippen LogP contribution is -2.13. The predicted octanol–water partition coefficient (Wildman–Crippen LogP) is 2.43. The second kappa shape index (κ2) is 5.60. The Morgan fingerprint density at radius 2 is 1.89 bits per heavy atom. The summed E-state index contributed by atoms with van der Waals surface area (Å²) in [7, 11) is 3.55. The van der Waals surface area contributed by atoms with E-state index in [0.29, 0.717) is 5.88 Å². The fraction of sp³-hybridized carbons (Fsp3) is 0.286. The molecule has 0 aliphatic heterocycles. The van der Waals surface area contributed by atoms with Gasteiger partial charge in [0.1, 0.15) is 5.69 Å². The molecule has 2 aromatic rings. The topological polar surface area (TPSA) is 47.0 Å². The molecular weight excluding hydrogens is 226 g/mol. The van der Waals surface area contributed by atoms with Gasteiger partial charge in [-0.15, -0.1) is 0 Å². The average molecular weight is 243 g/mol. The summed E-state index contributed by atoms with van der Waals surface area (Å²) in [6.45, 7) is 2.11. The summed E-state index contributed by atoms with van der Waals surface area (Å²) in [6.07, 6.45) is 3.31. The van der Waals surface area contributed by atoms with Crippen molar-refractivity contribution in [3.8, 4) is 17.1 Å². The van der Waals surface area contributed by atoms with Gasteiger partial charge in [0.25, 0.3) is 0 Å². The van der Waals surface area contributed by atoms with Crippen molar-refractivity contribution in [1.82, 2.24) is 15.3 Å². The second-order valence-electron chi connectivity index (χ2n) is 4.01. The van der Waals surface area contributed by atoms with E-state index >= 15 is 0 Å². The zero-order chi connectivity index (χ0) is 13.0. The lowest BCUT2D eigenvalue weighted by atomic mass is 9.99. The molecule has 0 saturated heterocycles. The fourth-order valence-electron chi connectivity index (χ4n) is 1.91. The van der Waals surface area contributed by atoms with Crippen molar-refractivity contribution in [2.45, 2.75) is 13.0 Å². The smallest absolute Gasteiger partial charge is 0.240 e. The fourth-order valence-corrected chi connectivity index (χ4v) is 1.91. The maximum Gasteiger partial charge on any atom is 0.240 e. The lowest BCUT2D eigenvalue weighted by molar-refractivity contribution is 0.397. The van der Waals surface area contributed by atoms with Gasteiger partial charge in [0.2, 0.25) is 5.88 Å². The summed E-state index contributed by atoms with van der Waals surface area (Å²) in [6, 6.07) is 8.39. The predicted molar refractivity (Wildman–Crippen MR) is 71.5 cm³/mol. The van der Waals surface area contributed by atoms with Crippen LogP contribution in [-0.2, 0) is 0 Å². The molecule has 1 aromatic carbocycles. The third-order valence-corrected chi connectivity index (χ3v) is 2.97. The molecule has 1 atom stereocenters. The van der Waals surface area contributed by atoms with Gasteiger partial charge in [0.15, 0.2) is 0 Å². The van der Waals surface area contributed by atoms with E-state index in [1.165, 1.54) is 5.56 Å². The highest BCUT2D eigenvalue weighted by Crippen LogP contribution is 2.31. The highest BCUT2D eigenvalue weighted by Gasteiger charge is 2.14. The average Bonchev–Trinajstić information content (AvgIpc) is 2.46. The van der Waals surface area contributed by atoms with E-state index in [1.807, 2.05) is 25.2 Å². The Labute approximate surface area is 107 Å². The molecule has 1 N–H and O–H groups in total. The Morgan fingerprint density at radius 1 is 1.17 bits per heavy atom. The van der Waals surface area contributed by atoms with Crippen molar-refractivity contribution in [3.63, 3.8) is 0 Å². The first-order valence-corrected chi connectivity index (χ1v) is 5.89. The number of hydrogen-bond donors (Lipinski definition) is 1. The molecule has 0 aliphatic carbocycles. The highest BCUT2D eigenvalue weighted by atomic mass is 16.5. The zero-order valence-electron chi connectivity index (χ0n) is 10.8. The maximum absolute atomic E-state index is 5.27. The molecule has 1 heterocycles. The summed E-state index contributed by atoms with van der Waals surface area (Å²) < 4.78 is 5.27. The Bertz CT molecular complexity index is 528. The number of methoxy groups -OCH3 is 1. The molecule has 94 valence electrons. The molecule has 18 heavy (non-hydrogen) atoms. The van der Waals surface area contributed by atoms with Crippen LogP contribution in [0.2, 0.25) is 0 Å². The molecule has 0 bridgehead atoms. The van der Waals surface area contributed by atoms with E-state index in [1.54, 1.807) is 19.5 Å². The number of benzene rings is 1. The lowest BCUT2D eigenvalue weighted by Gasteiger charge is -2.16. The van der Waals surface area contributed by atoms with Crippen LogP contribution >= 0.6 is 0 Å². The third kappa shape index (κ3) is 2.33. The van der Waals surface area contributed by atoms with Gasteiger partial charge in [-0.1, -0.05) is 24.3 Å². The Kier molecular flexibility index (Phi) is 3.89. The van der Waals surface area contributed by atoms with Gasteiger partial charge in [0.05, 0.1) is 7.11 Å². The van der Waals surface area contributed by atoms with E-state index in [-0.39, 0.29) is 6.04 Å². The first kappa shape index (κ1) is 12.5. The summed E-state index contributed by atoms with van der Waals surface area (Å²) in [4.78, 5) is 8.58. The Balaban J connectivity index is 2.57. The summed E-state index contributed by atoms with van der Waals surface area (Å²) in [5.74, 6) is 0.549. The molecule has 0 spiro atoms. The molecule has 0 aliphatic rings. The van der Waals surface area contributed by atoms with Crippen LogP contribution in [0, 0.1) is 0 Å². The minimum atomic E-state index is 0.243. The quantitative estimate of drug-likeness (QED) is 0.896. The van der Waals surface area contributed by atoms with Gasteiger partial charge in [0, 0.05) is 24.0 Å². The molecular formula is C14H17N3O. The first-order valence-electron chi connectivity index (χ1n) is 5.89. The van der Waals surface area contributed by atoms with Gasteiger partial charge >= 0.3 is 0 Å². The standard InChI is InChI=1S/C14H17N3O/c1-10(15-2)11-6-4-5-7-12(11)13-14(18-3)17-9-8-16-13/h4-10,15H,1-3H3. The summed E-state index contributed by atoms with van der Waals surface area (Å²) >= 11 is 0. The largest absolute Gasteiger partial charge is 0.479 e. The van der Waals surface area contributed by atoms with Crippen LogP contribution in [0.4, 0.5) is 0 Å². The van der Waals surface area contributed by atoms with E-state index in [0.717, 1.165) is 11.3 Å². The van der Waals surface area contributed by atoms with Crippen LogP contribution in [0.15, 0.2) is 36.7 Å². The van der Waals surface area contributed by atoms with Gasteiger partial charge < -0.3 is 10.1 Å². The van der Waals surface area contributed by atoms with Gasteiger partial charge in [-0.25, -0.2) is 9.97 Å². The van der Waals surface area contributed by atoms with Crippen LogP contribution in [-0.4, -0.2) is 24.1 Å². The normalized spacial score (nSPS) is 12.2. The molecule has 0 radical (unpaired) electrons. The molecule has 0 fully saturated rings. The minimum Gasteiger partial charge on any atom is -0.479 e. The SMILES string of the molecule is CNC(C)c1ccccc1-c1nccnc1OC. The molecule has 2 rings (SSSR count). The van der Waals surface area contributed by atoms with Gasteiger partial charge in [-0.05, 0) is 19.5 Å². The maximum atomic E-state index is 5.27. The van der Waals surface area contributed by atoms with Crippen molar-refractivity contribution < 1.29 is 4.74 Å². The zero-order valence-corrected chi connectivity index (χ0v) is 10.8. The van der Waals surface area contributed by atoms with Crippen LogP contribution in [0.25, 0.3) is 11.3 Å². The molecule has 1 unspecified atom stereocenters. The number of ether oxygens (including phenoxy) is 1. The molecule has 1 aromatic heterocycles. The van der Waals surface area contributed by atoms with Crippen LogP contribution < -0.4 is 10.1 Å². The number of rotatable bonds is 4. The van der Waals surface area contributed by atoms with Gasteiger partial charge in [-0.2, -0.15) is 0 Å². The van der Waals surface area contributed by atoms with Crippen LogP contribution in [0.5, 0.6) is 5.88 Å². The third-order valence-electron chi connectivity index (χ3n) is 2.97. The first-order chi connectivity index (χ1) is 8.77. The van der Waals surface area contributed by atoms with Crippen LogP contribution in [0.1, 0.15) is 18.5 Å². The summed E-state index contributed by atoms with van der Waals surface area (Å²) in [5, 5.41) is 3.24. The van der Waals surface area contributed by atoms with Crippen molar-refractivity contribution in [2.24, 2.45) is 0 Å². The number of hydrogen-bond acceptors (Lipinski definition) is 4.